The van der Waals surface area contributed by atoms with E-state index in [-0.39, 0.29) is 0 Å². The third-order valence-corrected chi connectivity index (χ3v) is 4.87. The van der Waals surface area contributed by atoms with Crippen molar-refractivity contribution >= 4 is 21.5 Å². The number of benzene rings is 4. The van der Waals surface area contributed by atoms with Crippen molar-refractivity contribution in [1.82, 2.24) is 0 Å². The van der Waals surface area contributed by atoms with Gasteiger partial charge in [0, 0.05) is 17.5 Å². The van der Waals surface area contributed by atoms with Gasteiger partial charge >= 0.3 is 0 Å². The molecule has 0 radical (unpaired) electrons. The van der Waals surface area contributed by atoms with Gasteiger partial charge in [-0.05, 0) is 40.6 Å². The van der Waals surface area contributed by atoms with Gasteiger partial charge in [0.2, 0.25) is 0 Å². The standard InChI is InChI=1S/C24H22O3/c1-16(25)27-24-14-12-18-8-4-6-10-20(18)22(24)15-21-19-9-5-3-7-17(19)11-13-23(21)26-2/h3-14,16,25H,15H2,1-2H3. The van der Waals surface area contributed by atoms with E-state index in [1.165, 1.54) is 5.39 Å². The average molecular weight is 358 g/mol. The number of hydrogen-bond acceptors (Lipinski definition) is 3. The van der Waals surface area contributed by atoms with E-state index in [1.807, 2.05) is 42.5 Å². The first-order valence-electron chi connectivity index (χ1n) is 9.07. The minimum absolute atomic E-state index is 0.647. The molecule has 4 rings (SSSR count). The summed E-state index contributed by atoms with van der Waals surface area (Å²) >= 11 is 0. The third kappa shape index (κ3) is 3.34. The maximum absolute atomic E-state index is 9.79. The van der Waals surface area contributed by atoms with Crippen molar-refractivity contribution in [3.63, 3.8) is 0 Å². The molecule has 0 aliphatic heterocycles. The summed E-state index contributed by atoms with van der Waals surface area (Å²) in [5.74, 6) is 1.54. The van der Waals surface area contributed by atoms with Crippen LogP contribution in [0.1, 0.15) is 18.1 Å². The molecule has 0 aliphatic carbocycles. The number of rotatable bonds is 5. The fourth-order valence-electron chi connectivity index (χ4n) is 3.66. The summed E-state index contributed by atoms with van der Waals surface area (Å²) in [7, 11) is 1.70. The molecule has 1 unspecified atom stereocenters. The largest absolute Gasteiger partial charge is 0.496 e. The van der Waals surface area contributed by atoms with E-state index in [1.54, 1.807) is 14.0 Å². The number of ether oxygens (including phenoxy) is 2. The summed E-state index contributed by atoms with van der Waals surface area (Å²) in [6.45, 7) is 1.62. The maximum atomic E-state index is 9.79. The Morgan fingerprint density at radius 3 is 1.81 bits per heavy atom. The van der Waals surface area contributed by atoms with Gasteiger partial charge < -0.3 is 14.6 Å². The van der Waals surface area contributed by atoms with Gasteiger partial charge in [0.15, 0.2) is 6.29 Å². The molecule has 0 saturated carbocycles. The van der Waals surface area contributed by atoms with Gasteiger partial charge in [0.05, 0.1) is 7.11 Å². The molecule has 0 aromatic heterocycles. The predicted octanol–water partition coefficient (Wildman–Crippen LogP) is 5.31. The second-order valence-electron chi connectivity index (χ2n) is 6.62. The van der Waals surface area contributed by atoms with Crippen LogP contribution in [0.15, 0.2) is 72.8 Å². The van der Waals surface area contributed by atoms with Crippen LogP contribution < -0.4 is 9.47 Å². The van der Waals surface area contributed by atoms with Crippen molar-refractivity contribution < 1.29 is 14.6 Å². The Balaban J connectivity index is 1.94. The Hall–Kier alpha value is -3.04. The monoisotopic (exact) mass is 358 g/mol. The lowest BCUT2D eigenvalue weighted by Crippen LogP contribution is -2.11. The van der Waals surface area contributed by atoms with Crippen LogP contribution in [-0.4, -0.2) is 18.5 Å². The van der Waals surface area contributed by atoms with Crippen molar-refractivity contribution in [2.45, 2.75) is 19.6 Å². The highest BCUT2D eigenvalue weighted by Gasteiger charge is 2.16. The Morgan fingerprint density at radius 1 is 0.741 bits per heavy atom. The van der Waals surface area contributed by atoms with Crippen LogP contribution in [0.2, 0.25) is 0 Å². The van der Waals surface area contributed by atoms with Gasteiger partial charge in [-0.15, -0.1) is 0 Å². The number of aliphatic hydroxyl groups excluding tert-OH is 1. The van der Waals surface area contributed by atoms with Gasteiger partial charge in [-0.25, -0.2) is 0 Å². The quantitative estimate of drug-likeness (QED) is 0.491. The van der Waals surface area contributed by atoms with Gasteiger partial charge in [-0.2, -0.15) is 0 Å². The Bertz CT molecular complexity index is 1100. The number of methoxy groups -OCH3 is 1. The fraction of sp³-hybridized carbons (Fsp3) is 0.167. The highest BCUT2D eigenvalue weighted by atomic mass is 16.6. The van der Waals surface area contributed by atoms with E-state index in [2.05, 4.69) is 30.3 Å². The topological polar surface area (TPSA) is 38.7 Å². The first-order valence-corrected chi connectivity index (χ1v) is 9.07. The van der Waals surface area contributed by atoms with Crippen LogP contribution >= 0.6 is 0 Å². The molecule has 0 saturated heterocycles. The number of hydrogen-bond donors (Lipinski definition) is 1. The molecule has 3 nitrogen and oxygen atoms in total. The first-order chi connectivity index (χ1) is 13.2. The Morgan fingerprint density at radius 2 is 1.26 bits per heavy atom. The lowest BCUT2D eigenvalue weighted by molar-refractivity contribution is -0.000794. The number of aliphatic hydroxyl groups is 1. The van der Waals surface area contributed by atoms with Crippen LogP contribution in [0.3, 0.4) is 0 Å². The molecule has 136 valence electrons. The first kappa shape index (κ1) is 17.4. The zero-order chi connectivity index (χ0) is 18.8. The molecule has 0 heterocycles. The molecular formula is C24H22O3. The smallest absolute Gasteiger partial charge is 0.194 e. The van der Waals surface area contributed by atoms with Crippen molar-refractivity contribution in [3.8, 4) is 11.5 Å². The highest BCUT2D eigenvalue weighted by Crippen LogP contribution is 2.36. The van der Waals surface area contributed by atoms with Crippen LogP contribution in [0.5, 0.6) is 11.5 Å². The fourth-order valence-corrected chi connectivity index (χ4v) is 3.66. The normalized spacial score (nSPS) is 12.3. The van der Waals surface area contributed by atoms with E-state index in [4.69, 9.17) is 9.47 Å². The predicted molar refractivity (Wildman–Crippen MR) is 110 cm³/mol. The molecule has 4 aromatic rings. The van der Waals surface area contributed by atoms with Crippen LogP contribution in [0.4, 0.5) is 0 Å². The average Bonchev–Trinajstić information content (AvgIpc) is 2.69. The summed E-state index contributed by atoms with van der Waals surface area (Å²) in [4.78, 5) is 0. The summed E-state index contributed by atoms with van der Waals surface area (Å²) in [5, 5.41) is 14.4. The maximum Gasteiger partial charge on any atom is 0.194 e. The van der Waals surface area contributed by atoms with Crippen LogP contribution in [0.25, 0.3) is 21.5 Å². The molecular weight excluding hydrogens is 336 g/mol. The Labute approximate surface area is 158 Å². The summed E-state index contributed by atoms with van der Waals surface area (Å²) in [6, 6.07) is 24.6. The Kier molecular flexibility index (Phi) is 4.69. The zero-order valence-electron chi connectivity index (χ0n) is 15.5. The van der Waals surface area contributed by atoms with E-state index in [0.29, 0.717) is 12.2 Å². The van der Waals surface area contributed by atoms with Gasteiger partial charge in [0.1, 0.15) is 11.5 Å². The molecule has 1 N–H and O–H groups in total. The molecule has 0 fully saturated rings. The van der Waals surface area contributed by atoms with Crippen LogP contribution in [-0.2, 0) is 6.42 Å². The third-order valence-electron chi connectivity index (χ3n) is 4.87. The molecule has 1 atom stereocenters. The van der Waals surface area contributed by atoms with Gasteiger partial charge in [-0.3, -0.25) is 0 Å². The van der Waals surface area contributed by atoms with E-state index >= 15 is 0 Å². The molecule has 0 aliphatic rings. The molecule has 0 spiro atoms. The highest BCUT2D eigenvalue weighted by molar-refractivity contribution is 5.91. The van der Waals surface area contributed by atoms with E-state index < -0.39 is 6.29 Å². The van der Waals surface area contributed by atoms with Gasteiger partial charge in [-0.1, -0.05) is 60.7 Å². The lowest BCUT2D eigenvalue weighted by atomic mass is 9.93. The second-order valence-corrected chi connectivity index (χ2v) is 6.62. The molecule has 27 heavy (non-hydrogen) atoms. The molecule has 3 heteroatoms. The zero-order valence-corrected chi connectivity index (χ0v) is 15.5. The van der Waals surface area contributed by atoms with E-state index in [9.17, 15) is 5.11 Å². The minimum Gasteiger partial charge on any atom is -0.496 e. The van der Waals surface area contributed by atoms with Crippen molar-refractivity contribution in [1.29, 1.82) is 0 Å². The molecule has 0 bridgehead atoms. The SMILES string of the molecule is COc1ccc2ccccc2c1Cc1c(OC(C)O)ccc2ccccc12. The van der Waals surface area contributed by atoms with E-state index in [0.717, 1.165) is 33.0 Å². The summed E-state index contributed by atoms with van der Waals surface area (Å²) in [5.41, 5.74) is 2.16. The summed E-state index contributed by atoms with van der Waals surface area (Å²) in [6.07, 6.45) is -0.229. The van der Waals surface area contributed by atoms with Crippen molar-refractivity contribution in [2.75, 3.05) is 7.11 Å². The lowest BCUT2D eigenvalue weighted by Gasteiger charge is -2.18. The van der Waals surface area contributed by atoms with Gasteiger partial charge in [0.25, 0.3) is 0 Å². The minimum atomic E-state index is -0.876. The second kappa shape index (κ2) is 7.29. The van der Waals surface area contributed by atoms with Crippen molar-refractivity contribution in [3.05, 3.63) is 83.9 Å². The van der Waals surface area contributed by atoms with Crippen LogP contribution in [0, 0.1) is 0 Å². The van der Waals surface area contributed by atoms with Crippen molar-refractivity contribution in [2.24, 2.45) is 0 Å². The summed E-state index contributed by atoms with van der Waals surface area (Å²) < 4.78 is 11.4. The molecule has 4 aromatic carbocycles. The molecule has 0 amide bonds. The number of fused-ring (bicyclic) bond motifs is 2.